The first-order chi connectivity index (χ1) is 9.04. The van der Waals surface area contributed by atoms with Crippen molar-refractivity contribution in [2.24, 2.45) is 0 Å². The zero-order valence-electron chi connectivity index (χ0n) is 9.53. The number of para-hydroxylation sites is 1. The first-order valence-corrected chi connectivity index (χ1v) is 6.30. The number of thiazole rings is 1. The maximum Gasteiger partial charge on any atom is 0.416 e. The summed E-state index contributed by atoms with van der Waals surface area (Å²) in [4.78, 5) is 4.30. The van der Waals surface area contributed by atoms with Gasteiger partial charge in [0.25, 0.3) is 0 Å². The van der Waals surface area contributed by atoms with Crippen molar-refractivity contribution in [1.29, 1.82) is 0 Å². The molecule has 5 heteroatoms. The number of nitrogens with zero attached hydrogens (tertiary/aromatic N) is 1. The highest BCUT2D eigenvalue weighted by molar-refractivity contribution is 7.21. The molecule has 0 fully saturated rings. The molecular weight excluding hydrogens is 271 g/mol. The summed E-state index contributed by atoms with van der Waals surface area (Å²) in [5.74, 6) is 0. The molecule has 0 N–H and O–H groups in total. The third kappa shape index (κ3) is 2.33. The summed E-state index contributed by atoms with van der Waals surface area (Å²) in [5, 5.41) is 0.573. The summed E-state index contributed by atoms with van der Waals surface area (Å²) in [6, 6.07) is 13.6. The lowest BCUT2D eigenvalue weighted by Gasteiger charge is -2.07. The van der Waals surface area contributed by atoms with E-state index in [4.69, 9.17) is 0 Å². The van der Waals surface area contributed by atoms with Crippen molar-refractivity contribution in [3.8, 4) is 10.6 Å². The van der Waals surface area contributed by atoms with Gasteiger partial charge in [-0.3, -0.25) is 0 Å². The van der Waals surface area contributed by atoms with E-state index in [1.807, 2.05) is 12.1 Å². The Morgan fingerprint density at radius 3 is 2.68 bits per heavy atom. The van der Waals surface area contributed by atoms with E-state index in [0.29, 0.717) is 16.1 Å². The topological polar surface area (TPSA) is 12.9 Å². The molecule has 0 saturated heterocycles. The highest BCUT2D eigenvalue weighted by atomic mass is 32.1. The average Bonchev–Trinajstić information content (AvgIpc) is 2.81. The third-order valence-electron chi connectivity index (χ3n) is 2.65. The molecule has 3 rings (SSSR count). The zero-order chi connectivity index (χ0) is 13.5. The van der Waals surface area contributed by atoms with Gasteiger partial charge < -0.3 is 0 Å². The highest BCUT2D eigenvalue weighted by Crippen LogP contribution is 2.34. The smallest absolute Gasteiger partial charge is 0.235 e. The molecule has 1 heterocycles. The Kier molecular flexibility index (Phi) is 2.78. The van der Waals surface area contributed by atoms with E-state index in [2.05, 4.69) is 11.1 Å². The molecule has 0 aliphatic heterocycles. The summed E-state index contributed by atoms with van der Waals surface area (Å²) in [6.07, 6.45) is -4.33. The molecule has 95 valence electrons. The molecule has 0 spiro atoms. The van der Waals surface area contributed by atoms with Gasteiger partial charge in [-0.05, 0) is 18.2 Å². The Balaban J connectivity index is 2.11. The number of alkyl halides is 3. The van der Waals surface area contributed by atoms with Crippen molar-refractivity contribution in [1.82, 2.24) is 4.98 Å². The number of aromatic nitrogens is 1. The monoisotopic (exact) mass is 278 g/mol. The van der Waals surface area contributed by atoms with Gasteiger partial charge in [0, 0.05) is 11.6 Å². The van der Waals surface area contributed by atoms with Crippen LogP contribution in [0.1, 0.15) is 5.56 Å². The minimum absolute atomic E-state index is 0.476. The largest absolute Gasteiger partial charge is 0.416 e. The second-order valence-electron chi connectivity index (χ2n) is 3.98. The Morgan fingerprint density at radius 1 is 1.11 bits per heavy atom. The van der Waals surface area contributed by atoms with Crippen LogP contribution in [-0.4, -0.2) is 4.98 Å². The van der Waals surface area contributed by atoms with Gasteiger partial charge in [0.1, 0.15) is 5.01 Å². The van der Waals surface area contributed by atoms with E-state index in [1.165, 1.54) is 17.4 Å². The summed E-state index contributed by atoms with van der Waals surface area (Å²) in [7, 11) is 0. The fourth-order valence-electron chi connectivity index (χ4n) is 1.76. The Hall–Kier alpha value is -1.88. The Morgan fingerprint density at radius 2 is 1.95 bits per heavy atom. The summed E-state index contributed by atoms with van der Waals surface area (Å²) in [6.45, 7) is 0. The van der Waals surface area contributed by atoms with Crippen molar-refractivity contribution >= 4 is 21.6 Å². The van der Waals surface area contributed by atoms with E-state index in [-0.39, 0.29) is 0 Å². The SMILES string of the molecule is FC(F)(F)c1cccc(-c2nc3[c]cccc3s2)c1. The first-order valence-electron chi connectivity index (χ1n) is 5.49. The maximum atomic E-state index is 12.7. The Labute approximate surface area is 111 Å². The molecule has 1 nitrogen and oxygen atoms in total. The van der Waals surface area contributed by atoms with Gasteiger partial charge in [0.15, 0.2) is 0 Å². The van der Waals surface area contributed by atoms with Crippen LogP contribution in [0, 0.1) is 6.07 Å². The fraction of sp³-hybridized carbons (Fsp3) is 0.0714. The van der Waals surface area contributed by atoms with Crippen LogP contribution in [-0.2, 0) is 6.18 Å². The summed E-state index contributed by atoms with van der Waals surface area (Å²) >= 11 is 1.36. The van der Waals surface area contributed by atoms with Crippen molar-refractivity contribution in [2.75, 3.05) is 0 Å². The van der Waals surface area contributed by atoms with E-state index in [0.717, 1.165) is 16.8 Å². The van der Waals surface area contributed by atoms with Crippen molar-refractivity contribution in [3.63, 3.8) is 0 Å². The normalized spacial score (nSPS) is 11.9. The van der Waals surface area contributed by atoms with Gasteiger partial charge in [-0.1, -0.05) is 24.3 Å². The molecule has 1 aromatic heterocycles. The first kappa shape index (κ1) is 12.2. The van der Waals surface area contributed by atoms with Crippen LogP contribution >= 0.6 is 11.3 Å². The van der Waals surface area contributed by atoms with E-state index in [1.54, 1.807) is 12.1 Å². The van der Waals surface area contributed by atoms with Crippen LogP contribution in [0.3, 0.4) is 0 Å². The van der Waals surface area contributed by atoms with E-state index < -0.39 is 11.7 Å². The Bertz CT molecular complexity index is 698. The van der Waals surface area contributed by atoms with Gasteiger partial charge in [-0.25, -0.2) is 4.98 Å². The van der Waals surface area contributed by atoms with Crippen LogP contribution < -0.4 is 0 Å². The highest BCUT2D eigenvalue weighted by Gasteiger charge is 2.30. The van der Waals surface area contributed by atoms with Gasteiger partial charge in [0.05, 0.1) is 15.8 Å². The lowest BCUT2D eigenvalue weighted by atomic mass is 10.1. The molecule has 0 unspecified atom stereocenters. The van der Waals surface area contributed by atoms with E-state index in [9.17, 15) is 13.2 Å². The van der Waals surface area contributed by atoms with Gasteiger partial charge in [0.2, 0.25) is 0 Å². The number of halogens is 3. The third-order valence-corrected chi connectivity index (χ3v) is 3.72. The standard InChI is InChI=1S/C14H7F3NS/c15-14(16,17)10-5-3-4-9(8-10)13-18-11-6-1-2-7-12(11)19-13/h1-5,7-8H. The zero-order valence-corrected chi connectivity index (χ0v) is 10.3. The molecule has 1 radical (unpaired) electrons. The number of fused-ring (bicyclic) bond motifs is 1. The summed E-state index contributed by atoms with van der Waals surface area (Å²) < 4.78 is 38.9. The second kappa shape index (κ2) is 4.35. The van der Waals surface area contributed by atoms with Crippen molar-refractivity contribution in [3.05, 3.63) is 54.1 Å². The average molecular weight is 278 g/mol. The van der Waals surface area contributed by atoms with Gasteiger partial charge in [-0.15, -0.1) is 11.3 Å². The molecular formula is C14H7F3NS. The van der Waals surface area contributed by atoms with Crippen molar-refractivity contribution in [2.45, 2.75) is 6.18 Å². The van der Waals surface area contributed by atoms with Crippen LogP contribution in [0.2, 0.25) is 0 Å². The minimum atomic E-state index is -4.33. The fourth-order valence-corrected chi connectivity index (χ4v) is 2.70. The summed E-state index contributed by atoms with van der Waals surface area (Å²) in [5.41, 5.74) is 0.498. The molecule has 2 aromatic carbocycles. The molecule has 0 atom stereocenters. The van der Waals surface area contributed by atoms with Gasteiger partial charge >= 0.3 is 6.18 Å². The predicted octanol–water partition coefficient (Wildman–Crippen LogP) is 4.78. The molecule has 0 aliphatic carbocycles. The number of hydrogen-bond donors (Lipinski definition) is 0. The molecule has 3 aromatic rings. The quantitative estimate of drug-likeness (QED) is 0.624. The lowest BCUT2D eigenvalue weighted by molar-refractivity contribution is -0.137. The molecule has 0 bridgehead atoms. The van der Waals surface area contributed by atoms with Crippen molar-refractivity contribution < 1.29 is 13.2 Å². The van der Waals surface area contributed by atoms with Crippen LogP contribution in [0.4, 0.5) is 13.2 Å². The molecule has 0 aliphatic rings. The minimum Gasteiger partial charge on any atom is -0.235 e. The molecule has 0 amide bonds. The van der Waals surface area contributed by atoms with Crippen LogP contribution in [0.5, 0.6) is 0 Å². The predicted molar refractivity (Wildman–Crippen MR) is 68.9 cm³/mol. The number of benzene rings is 2. The van der Waals surface area contributed by atoms with Gasteiger partial charge in [-0.2, -0.15) is 13.2 Å². The molecule has 0 saturated carbocycles. The van der Waals surface area contributed by atoms with Crippen LogP contribution in [0.15, 0.2) is 42.5 Å². The number of hydrogen-bond acceptors (Lipinski definition) is 2. The lowest BCUT2D eigenvalue weighted by Crippen LogP contribution is -2.04. The maximum absolute atomic E-state index is 12.7. The second-order valence-corrected chi connectivity index (χ2v) is 5.01. The van der Waals surface area contributed by atoms with E-state index >= 15 is 0 Å². The number of rotatable bonds is 1. The molecule has 19 heavy (non-hydrogen) atoms. The van der Waals surface area contributed by atoms with Crippen LogP contribution in [0.25, 0.3) is 20.8 Å².